The molecule has 0 atom stereocenters. The topological polar surface area (TPSA) is 102 Å². The first-order valence-corrected chi connectivity index (χ1v) is 4.52. The minimum atomic E-state index is -3.75. The Morgan fingerprint density at radius 1 is 1.64 bits per heavy atom. The Morgan fingerprint density at radius 3 is 2.55 bits per heavy atom. The van der Waals surface area contributed by atoms with Gasteiger partial charge in [0.15, 0.2) is 0 Å². The Kier molecular flexibility index (Phi) is 1.92. The summed E-state index contributed by atoms with van der Waals surface area (Å²) in [6.45, 7) is 1.83. The molecule has 0 aromatic carbocycles. The van der Waals surface area contributed by atoms with Gasteiger partial charge < -0.3 is 0 Å². The Morgan fingerprint density at radius 2 is 2.27 bits per heavy atom. The fourth-order valence-corrected chi connectivity index (χ4v) is 0.973. The standard InChI is InChI=1S/C4H8N4O2S/c1-2-3-6-4(8-7-3)11(5,9)10/h2H2,1H3,(H2,5,9,10)(H,6,7,8). The fraction of sp³-hybridized carbons (Fsp3) is 0.500. The molecule has 0 amide bonds. The fourth-order valence-electron chi connectivity index (χ4n) is 0.563. The molecule has 62 valence electrons. The van der Waals surface area contributed by atoms with Gasteiger partial charge in [-0.3, -0.25) is 5.10 Å². The van der Waals surface area contributed by atoms with E-state index in [4.69, 9.17) is 5.14 Å². The largest absolute Gasteiger partial charge is 0.282 e. The lowest BCUT2D eigenvalue weighted by atomic mass is 10.5. The van der Waals surface area contributed by atoms with Crippen LogP contribution < -0.4 is 5.14 Å². The first kappa shape index (κ1) is 8.15. The second-order valence-corrected chi connectivity index (χ2v) is 3.42. The molecule has 0 unspecified atom stereocenters. The number of nitrogens with one attached hydrogen (secondary N) is 1. The number of hydrogen-bond donors (Lipinski definition) is 2. The molecule has 0 aliphatic rings. The van der Waals surface area contributed by atoms with Crippen molar-refractivity contribution in [2.24, 2.45) is 5.14 Å². The van der Waals surface area contributed by atoms with Crippen LogP contribution >= 0.6 is 0 Å². The lowest BCUT2D eigenvalue weighted by Gasteiger charge is -1.84. The summed E-state index contributed by atoms with van der Waals surface area (Å²) in [5.74, 6) is 0.508. The van der Waals surface area contributed by atoms with Gasteiger partial charge in [0.2, 0.25) is 0 Å². The SMILES string of the molecule is CCc1nc(S(N)(=O)=O)n[nH]1. The normalized spacial score (nSPS) is 11.8. The molecule has 1 heterocycles. The zero-order chi connectivity index (χ0) is 8.48. The second-order valence-electron chi connectivity index (χ2n) is 1.96. The van der Waals surface area contributed by atoms with Gasteiger partial charge in [0.25, 0.3) is 15.2 Å². The smallest absolute Gasteiger partial charge is 0.262 e. The third-order valence-electron chi connectivity index (χ3n) is 1.10. The molecule has 7 heteroatoms. The Labute approximate surface area is 63.9 Å². The van der Waals surface area contributed by atoms with Gasteiger partial charge in [-0.2, -0.15) is 0 Å². The van der Waals surface area contributed by atoms with E-state index in [0.29, 0.717) is 12.2 Å². The number of hydrogen-bond acceptors (Lipinski definition) is 4. The molecule has 0 saturated carbocycles. The average Bonchev–Trinajstić information content (AvgIpc) is 2.32. The van der Waals surface area contributed by atoms with Crippen molar-refractivity contribution >= 4 is 10.0 Å². The number of H-pyrrole nitrogens is 1. The van der Waals surface area contributed by atoms with Crippen molar-refractivity contribution in [3.05, 3.63) is 5.82 Å². The van der Waals surface area contributed by atoms with E-state index in [2.05, 4.69) is 15.2 Å². The van der Waals surface area contributed by atoms with Gasteiger partial charge in [-0.05, 0) is 0 Å². The molecular formula is C4H8N4O2S. The molecule has 0 fully saturated rings. The van der Waals surface area contributed by atoms with Gasteiger partial charge >= 0.3 is 0 Å². The molecular weight excluding hydrogens is 168 g/mol. The Hall–Kier alpha value is -0.950. The van der Waals surface area contributed by atoms with Crippen LogP contribution in [0.4, 0.5) is 0 Å². The van der Waals surface area contributed by atoms with E-state index in [9.17, 15) is 8.42 Å². The average molecular weight is 176 g/mol. The molecule has 0 saturated heterocycles. The van der Waals surface area contributed by atoms with Crippen LogP contribution in [-0.4, -0.2) is 23.6 Å². The van der Waals surface area contributed by atoms with E-state index in [-0.39, 0.29) is 5.16 Å². The van der Waals surface area contributed by atoms with E-state index >= 15 is 0 Å². The highest BCUT2D eigenvalue weighted by Crippen LogP contribution is 1.97. The van der Waals surface area contributed by atoms with Crippen LogP contribution in [0, 0.1) is 0 Å². The summed E-state index contributed by atoms with van der Waals surface area (Å²) < 4.78 is 21.2. The van der Waals surface area contributed by atoms with Crippen molar-refractivity contribution in [1.29, 1.82) is 0 Å². The molecule has 3 N–H and O–H groups in total. The maximum Gasteiger partial charge on any atom is 0.282 e. The van der Waals surface area contributed by atoms with Gasteiger partial charge in [-0.25, -0.2) is 18.5 Å². The van der Waals surface area contributed by atoms with Crippen LogP contribution in [0.15, 0.2) is 5.16 Å². The number of aryl methyl sites for hydroxylation is 1. The molecule has 0 aliphatic carbocycles. The molecule has 0 radical (unpaired) electrons. The number of rotatable bonds is 2. The third-order valence-corrected chi connectivity index (χ3v) is 1.79. The van der Waals surface area contributed by atoms with E-state index in [1.807, 2.05) is 6.92 Å². The van der Waals surface area contributed by atoms with Crippen molar-refractivity contribution in [2.75, 3.05) is 0 Å². The third kappa shape index (κ3) is 1.75. The molecule has 1 aromatic heterocycles. The first-order chi connectivity index (χ1) is 5.04. The van der Waals surface area contributed by atoms with Crippen molar-refractivity contribution in [1.82, 2.24) is 15.2 Å². The van der Waals surface area contributed by atoms with Crippen LogP contribution in [0.5, 0.6) is 0 Å². The Bertz CT molecular complexity index is 341. The summed E-state index contributed by atoms with van der Waals surface area (Å²) in [5, 5.41) is 10.3. The monoisotopic (exact) mass is 176 g/mol. The Balaban J connectivity index is 3.09. The van der Waals surface area contributed by atoms with Gasteiger partial charge in [0.05, 0.1) is 0 Å². The van der Waals surface area contributed by atoms with Crippen LogP contribution in [0.2, 0.25) is 0 Å². The molecule has 0 bridgehead atoms. The zero-order valence-corrected chi connectivity index (χ0v) is 6.72. The molecule has 0 aliphatic heterocycles. The van der Waals surface area contributed by atoms with Crippen LogP contribution in [0.1, 0.15) is 12.7 Å². The molecule has 11 heavy (non-hydrogen) atoms. The van der Waals surface area contributed by atoms with E-state index < -0.39 is 10.0 Å². The highest BCUT2D eigenvalue weighted by molar-refractivity contribution is 7.89. The number of sulfonamides is 1. The highest BCUT2D eigenvalue weighted by atomic mass is 32.2. The second kappa shape index (κ2) is 2.59. The first-order valence-electron chi connectivity index (χ1n) is 2.98. The van der Waals surface area contributed by atoms with Crippen molar-refractivity contribution in [3.63, 3.8) is 0 Å². The van der Waals surface area contributed by atoms with Gasteiger partial charge in [-0.15, -0.1) is 5.10 Å². The van der Waals surface area contributed by atoms with Crippen LogP contribution in [-0.2, 0) is 16.4 Å². The summed E-state index contributed by atoms with van der Waals surface area (Å²) in [5.41, 5.74) is 0. The molecule has 6 nitrogen and oxygen atoms in total. The summed E-state index contributed by atoms with van der Waals surface area (Å²) in [6.07, 6.45) is 0.600. The van der Waals surface area contributed by atoms with Gasteiger partial charge in [0, 0.05) is 6.42 Å². The minimum absolute atomic E-state index is 0.352. The lowest BCUT2D eigenvalue weighted by Crippen LogP contribution is -2.13. The predicted octanol–water partition coefficient (Wildman–Crippen LogP) is -0.986. The number of aromatic amines is 1. The highest BCUT2D eigenvalue weighted by Gasteiger charge is 2.13. The van der Waals surface area contributed by atoms with Crippen LogP contribution in [0.25, 0.3) is 0 Å². The molecule has 1 aromatic rings. The quantitative estimate of drug-likeness (QED) is 0.604. The summed E-state index contributed by atoms with van der Waals surface area (Å²) in [7, 11) is -3.75. The number of nitrogens with zero attached hydrogens (tertiary/aromatic N) is 2. The van der Waals surface area contributed by atoms with E-state index in [1.54, 1.807) is 0 Å². The number of primary sulfonamides is 1. The lowest BCUT2D eigenvalue weighted by molar-refractivity contribution is 0.589. The van der Waals surface area contributed by atoms with Crippen molar-refractivity contribution in [2.45, 2.75) is 18.5 Å². The summed E-state index contributed by atoms with van der Waals surface area (Å²) in [4.78, 5) is 3.62. The zero-order valence-electron chi connectivity index (χ0n) is 5.90. The van der Waals surface area contributed by atoms with Crippen molar-refractivity contribution in [3.8, 4) is 0 Å². The number of aromatic nitrogens is 3. The van der Waals surface area contributed by atoms with Gasteiger partial charge in [-0.1, -0.05) is 6.92 Å². The maximum absolute atomic E-state index is 10.6. The molecule has 1 rings (SSSR count). The minimum Gasteiger partial charge on any atom is -0.262 e. The van der Waals surface area contributed by atoms with E-state index in [0.717, 1.165) is 0 Å². The predicted molar refractivity (Wildman–Crippen MR) is 37.1 cm³/mol. The maximum atomic E-state index is 10.6. The summed E-state index contributed by atoms with van der Waals surface area (Å²) >= 11 is 0. The molecule has 0 spiro atoms. The van der Waals surface area contributed by atoms with E-state index in [1.165, 1.54) is 0 Å². The number of nitrogens with two attached hydrogens (primary N) is 1. The van der Waals surface area contributed by atoms with Crippen molar-refractivity contribution < 1.29 is 8.42 Å². The van der Waals surface area contributed by atoms with Crippen LogP contribution in [0.3, 0.4) is 0 Å². The summed E-state index contributed by atoms with van der Waals surface area (Å²) in [6, 6.07) is 0. The van der Waals surface area contributed by atoms with Gasteiger partial charge in [0.1, 0.15) is 5.82 Å².